The fraction of sp³-hybridized carbons (Fsp3) is 0.611. The highest BCUT2D eigenvalue weighted by atomic mass is 16.4. The molecule has 2 nitrogen and oxygen atoms in total. The minimum absolute atomic E-state index is 0.136. The Kier molecular flexibility index (Phi) is 8.94. The van der Waals surface area contributed by atoms with Crippen molar-refractivity contribution >= 4 is 5.97 Å². The number of carbonyl (C=O) groups is 1. The zero-order valence-corrected chi connectivity index (χ0v) is 12.3. The highest BCUT2D eigenvalue weighted by Gasteiger charge is 1.95. The van der Waals surface area contributed by atoms with E-state index in [0.717, 1.165) is 32.1 Å². The van der Waals surface area contributed by atoms with E-state index in [4.69, 9.17) is 12.0 Å². The van der Waals surface area contributed by atoms with E-state index < -0.39 is 25.1 Å². The highest BCUT2D eigenvalue weighted by Crippen LogP contribution is 2.07. The van der Waals surface area contributed by atoms with Crippen molar-refractivity contribution in [3.63, 3.8) is 0 Å². The van der Waals surface area contributed by atoms with Crippen LogP contribution in [0.1, 0.15) is 77.9 Å². The molecule has 114 valence electrons. The van der Waals surface area contributed by atoms with Crippen LogP contribution >= 0.6 is 0 Å². The number of carboxylic acid groups (broad SMARTS) is 1. The van der Waals surface area contributed by atoms with Gasteiger partial charge in [-0.3, -0.25) is 4.79 Å². The molecule has 20 heavy (non-hydrogen) atoms. The minimum atomic E-state index is -3.06. The van der Waals surface area contributed by atoms with E-state index in [1.165, 1.54) is 0 Å². The topological polar surface area (TPSA) is 37.3 Å². The van der Waals surface area contributed by atoms with Crippen LogP contribution in [0.15, 0.2) is 36.5 Å². The van der Waals surface area contributed by atoms with Crippen molar-refractivity contribution in [2.24, 2.45) is 0 Å². The number of rotatable bonds is 13. The molecule has 0 amide bonds. The molecule has 0 heterocycles. The Morgan fingerprint density at radius 3 is 2.30 bits per heavy atom. The Morgan fingerprint density at radius 2 is 1.65 bits per heavy atom. The second-order valence-electron chi connectivity index (χ2n) is 4.36. The lowest BCUT2D eigenvalue weighted by molar-refractivity contribution is -0.137. The zero-order valence-electron chi connectivity index (χ0n) is 17.3. The van der Waals surface area contributed by atoms with E-state index in [-0.39, 0.29) is 6.42 Å². The lowest BCUT2D eigenvalue weighted by Gasteiger charge is -1.98. The van der Waals surface area contributed by atoms with Crippen molar-refractivity contribution in [2.75, 3.05) is 0 Å². The Hall–Kier alpha value is -1.31. The number of carboxylic acids is 1. The Morgan fingerprint density at radius 1 is 1.00 bits per heavy atom. The molecular weight excluding hydrogens is 248 g/mol. The van der Waals surface area contributed by atoms with Gasteiger partial charge in [0.25, 0.3) is 0 Å². The maximum absolute atomic E-state index is 10.8. The first kappa shape index (κ1) is 11.4. The first-order valence-electron chi connectivity index (χ1n) is 9.86. The number of hydrogen-bond acceptors (Lipinski definition) is 1. The van der Waals surface area contributed by atoms with Gasteiger partial charge < -0.3 is 5.11 Å². The second kappa shape index (κ2) is 15.7. The van der Waals surface area contributed by atoms with Crippen molar-refractivity contribution in [1.29, 1.82) is 0 Å². The molecule has 0 aromatic carbocycles. The lowest BCUT2D eigenvalue weighted by atomic mass is 10.1. The number of unbranched alkanes of at least 4 members (excludes halogenated alkanes) is 2. The average Bonchev–Trinajstić information content (AvgIpc) is 2.55. The van der Waals surface area contributed by atoms with Crippen LogP contribution < -0.4 is 0 Å². The largest absolute Gasteiger partial charge is 0.481 e. The van der Waals surface area contributed by atoms with Gasteiger partial charge in [0.2, 0.25) is 0 Å². The standard InChI is InChI=1S/C18H30O2/c1-2-3-4-5-6-7-8-9-10-11-12-13-14-15-16-17-18(19)20/h3-4,6-7,9-10H,2,5,8,11-17H2,1H3,(H,19,20)/b4-3-,7-6-,10-9-/i15D,16D2,17D2. The van der Waals surface area contributed by atoms with Gasteiger partial charge in [0.05, 0.1) is 0 Å². The van der Waals surface area contributed by atoms with Crippen LogP contribution in [0.5, 0.6) is 0 Å². The van der Waals surface area contributed by atoms with Crippen LogP contribution in [-0.2, 0) is 4.79 Å². The van der Waals surface area contributed by atoms with Crippen molar-refractivity contribution in [2.45, 2.75) is 71.0 Å². The third-order valence-corrected chi connectivity index (χ3v) is 2.53. The normalized spacial score (nSPS) is 18.8. The van der Waals surface area contributed by atoms with Crippen LogP contribution in [0.25, 0.3) is 0 Å². The molecule has 0 radical (unpaired) electrons. The third-order valence-electron chi connectivity index (χ3n) is 2.53. The van der Waals surface area contributed by atoms with Crippen LogP contribution in [0.4, 0.5) is 0 Å². The fourth-order valence-corrected chi connectivity index (χ4v) is 1.52. The van der Waals surface area contributed by atoms with Gasteiger partial charge in [-0.15, -0.1) is 0 Å². The molecule has 0 saturated carbocycles. The van der Waals surface area contributed by atoms with Crippen LogP contribution in [0.3, 0.4) is 0 Å². The molecule has 0 spiro atoms. The average molecular weight is 283 g/mol. The van der Waals surface area contributed by atoms with Crippen LogP contribution in [-0.4, -0.2) is 11.1 Å². The van der Waals surface area contributed by atoms with Crippen molar-refractivity contribution < 1.29 is 16.8 Å². The fourth-order valence-electron chi connectivity index (χ4n) is 1.52. The van der Waals surface area contributed by atoms with E-state index in [1.54, 1.807) is 0 Å². The van der Waals surface area contributed by atoms with Crippen molar-refractivity contribution in [3.8, 4) is 0 Å². The molecule has 0 fully saturated rings. The molecule has 0 bridgehead atoms. The summed E-state index contributed by atoms with van der Waals surface area (Å²) in [6.07, 6.45) is 10.5. The monoisotopic (exact) mass is 283 g/mol. The van der Waals surface area contributed by atoms with Gasteiger partial charge in [0, 0.05) is 13.2 Å². The first-order valence-corrected chi connectivity index (χ1v) is 7.28. The zero-order chi connectivity index (χ0) is 19.3. The summed E-state index contributed by atoms with van der Waals surface area (Å²) in [6.45, 7) is 2.10. The van der Waals surface area contributed by atoms with Crippen molar-refractivity contribution in [1.82, 2.24) is 0 Å². The van der Waals surface area contributed by atoms with Gasteiger partial charge in [-0.05, 0) is 38.5 Å². The van der Waals surface area contributed by atoms with Crippen LogP contribution in [0.2, 0.25) is 0 Å². The molecule has 0 saturated heterocycles. The lowest BCUT2D eigenvalue weighted by Crippen LogP contribution is -1.93. The Balaban J connectivity index is 3.99. The maximum Gasteiger partial charge on any atom is 0.303 e. The van der Waals surface area contributed by atoms with Gasteiger partial charge in [-0.2, -0.15) is 0 Å². The van der Waals surface area contributed by atoms with E-state index >= 15 is 0 Å². The summed E-state index contributed by atoms with van der Waals surface area (Å²) in [5, 5.41) is 8.78. The van der Waals surface area contributed by atoms with Gasteiger partial charge >= 0.3 is 5.97 Å². The molecule has 0 aliphatic carbocycles. The van der Waals surface area contributed by atoms with E-state index in [0.29, 0.717) is 6.42 Å². The summed E-state index contributed by atoms with van der Waals surface area (Å²) in [5.74, 6) is -1.86. The number of allylic oxidation sites excluding steroid dienone is 6. The molecule has 0 rings (SSSR count). The van der Waals surface area contributed by atoms with E-state index in [2.05, 4.69) is 37.3 Å². The number of hydrogen-bond donors (Lipinski definition) is 1. The molecule has 2 heteroatoms. The van der Waals surface area contributed by atoms with Crippen molar-refractivity contribution in [3.05, 3.63) is 36.5 Å². The summed E-state index contributed by atoms with van der Waals surface area (Å²) in [7, 11) is 0. The summed E-state index contributed by atoms with van der Waals surface area (Å²) >= 11 is 0. The van der Waals surface area contributed by atoms with Gasteiger partial charge in [0.15, 0.2) is 0 Å². The summed E-state index contributed by atoms with van der Waals surface area (Å²) in [4.78, 5) is 10.8. The number of aliphatic carboxylic acids is 1. The minimum Gasteiger partial charge on any atom is -0.481 e. The van der Waals surface area contributed by atoms with Gasteiger partial charge in [-0.1, -0.05) is 62.6 Å². The molecule has 0 aliphatic rings. The molecular formula is C18H30O2. The Bertz CT molecular complexity index is 470. The van der Waals surface area contributed by atoms with E-state index in [1.807, 2.05) is 6.08 Å². The summed E-state index contributed by atoms with van der Waals surface area (Å²) in [6, 6.07) is 0. The molecule has 1 unspecified atom stereocenters. The predicted octanol–water partition coefficient (Wildman–Crippen LogP) is 5.66. The quantitative estimate of drug-likeness (QED) is 0.350. The molecule has 0 aromatic heterocycles. The molecule has 0 aliphatic heterocycles. The second-order valence-corrected chi connectivity index (χ2v) is 4.36. The summed E-state index contributed by atoms with van der Waals surface area (Å²) < 4.78 is 37.6. The first-order chi connectivity index (χ1) is 11.7. The Labute approximate surface area is 131 Å². The SMILES string of the molecule is [2H]C(CCCC/C=C\C/C=C\C/C=C\CC)C([2H])([2H])C([2H])([2H])C(=O)O. The smallest absolute Gasteiger partial charge is 0.303 e. The predicted molar refractivity (Wildman–Crippen MR) is 86.9 cm³/mol. The van der Waals surface area contributed by atoms with Gasteiger partial charge in [0.1, 0.15) is 0 Å². The van der Waals surface area contributed by atoms with Crippen LogP contribution in [0, 0.1) is 0 Å². The van der Waals surface area contributed by atoms with E-state index in [9.17, 15) is 4.79 Å². The summed E-state index contributed by atoms with van der Waals surface area (Å²) in [5.41, 5.74) is 0. The molecule has 0 aromatic rings. The molecule has 1 N–H and O–H groups in total. The molecule has 1 atom stereocenters. The third kappa shape index (κ3) is 16.7. The highest BCUT2D eigenvalue weighted by molar-refractivity contribution is 5.66. The maximum atomic E-state index is 10.8. The van der Waals surface area contributed by atoms with Gasteiger partial charge in [-0.25, -0.2) is 0 Å².